The summed E-state index contributed by atoms with van der Waals surface area (Å²) >= 11 is 11.7. The standard InChI is InChI=1S/C16H12Cl2N4O6/c1-6-11(16(27-18)19-7(2)12(6)17)14-20-15(28-21-14)8-4-9(22(24)25)13(23)10(5-8)26-3/h4-5,23H,1-3H3. The molecule has 0 radical (unpaired) electrons. The quantitative estimate of drug-likeness (QED) is 0.469. The van der Waals surface area contributed by atoms with Crippen molar-refractivity contribution < 1.29 is 23.6 Å². The van der Waals surface area contributed by atoms with E-state index in [0.29, 0.717) is 21.8 Å². The number of hydrogen-bond acceptors (Lipinski definition) is 9. The van der Waals surface area contributed by atoms with Gasteiger partial charge in [0, 0.05) is 6.07 Å². The second-order valence-corrected chi connectivity index (χ2v) is 6.15. The first-order chi connectivity index (χ1) is 13.3. The Morgan fingerprint density at radius 1 is 1.29 bits per heavy atom. The highest BCUT2D eigenvalue weighted by Crippen LogP contribution is 2.41. The average molecular weight is 427 g/mol. The molecule has 28 heavy (non-hydrogen) atoms. The molecule has 0 aliphatic rings. The zero-order valence-electron chi connectivity index (χ0n) is 14.7. The summed E-state index contributed by atoms with van der Waals surface area (Å²) in [4.78, 5) is 18.8. The van der Waals surface area contributed by atoms with E-state index >= 15 is 0 Å². The number of rotatable bonds is 5. The van der Waals surface area contributed by atoms with Crippen LogP contribution in [0.5, 0.6) is 17.4 Å². The maximum Gasteiger partial charge on any atom is 0.315 e. The Labute approximate surface area is 167 Å². The number of phenols is 1. The van der Waals surface area contributed by atoms with Crippen molar-refractivity contribution in [2.24, 2.45) is 0 Å². The van der Waals surface area contributed by atoms with Crippen molar-refractivity contribution in [3.05, 3.63) is 38.5 Å². The van der Waals surface area contributed by atoms with Crippen LogP contribution in [0.2, 0.25) is 5.02 Å². The van der Waals surface area contributed by atoms with Crippen LogP contribution < -0.4 is 9.03 Å². The van der Waals surface area contributed by atoms with Crippen molar-refractivity contribution in [3.63, 3.8) is 0 Å². The third-order valence-corrected chi connectivity index (χ3v) is 4.65. The molecule has 0 unspecified atom stereocenters. The van der Waals surface area contributed by atoms with E-state index in [2.05, 4.69) is 15.1 Å². The first-order valence-electron chi connectivity index (χ1n) is 7.63. The van der Waals surface area contributed by atoms with Crippen molar-refractivity contribution in [2.45, 2.75) is 13.8 Å². The zero-order chi connectivity index (χ0) is 20.6. The van der Waals surface area contributed by atoms with Crippen molar-refractivity contribution in [1.82, 2.24) is 15.1 Å². The summed E-state index contributed by atoms with van der Waals surface area (Å²) in [5, 5.41) is 25.3. The van der Waals surface area contributed by atoms with E-state index in [0.717, 1.165) is 6.07 Å². The minimum atomic E-state index is -0.758. The number of aromatic hydroxyl groups is 1. The zero-order valence-corrected chi connectivity index (χ0v) is 16.2. The summed E-state index contributed by atoms with van der Waals surface area (Å²) in [5.74, 6) is -0.702. The Bertz CT molecular complexity index is 1090. The first-order valence-corrected chi connectivity index (χ1v) is 8.32. The van der Waals surface area contributed by atoms with Crippen LogP contribution in [-0.4, -0.2) is 32.3 Å². The highest BCUT2D eigenvalue weighted by atomic mass is 35.5. The Morgan fingerprint density at radius 2 is 2.00 bits per heavy atom. The number of benzene rings is 1. The first kappa shape index (κ1) is 19.6. The number of nitrogens with zero attached hydrogens (tertiary/aromatic N) is 4. The number of hydrogen-bond donors (Lipinski definition) is 1. The molecule has 10 nitrogen and oxygen atoms in total. The fourth-order valence-electron chi connectivity index (χ4n) is 2.57. The number of aryl methyl sites for hydroxylation is 1. The molecular weight excluding hydrogens is 415 g/mol. The largest absolute Gasteiger partial charge is 0.500 e. The van der Waals surface area contributed by atoms with Gasteiger partial charge in [-0.05, 0) is 25.5 Å². The number of aromatic nitrogens is 3. The van der Waals surface area contributed by atoms with Gasteiger partial charge in [-0.15, -0.1) is 0 Å². The summed E-state index contributed by atoms with van der Waals surface area (Å²) < 4.78 is 15.0. The van der Waals surface area contributed by atoms with Gasteiger partial charge in [0.25, 0.3) is 5.89 Å². The normalized spacial score (nSPS) is 10.8. The molecule has 2 heterocycles. The molecule has 0 amide bonds. The van der Waals surface area contributed by atoms with Gasteiger partial charge in [0.2, 0.25) is 17.5 Å². The summed E-state index contributed by atoms with van der Waals surface area (Å²) in [5.41, 5.74) is 0.959. The van der Waals surface area contributed by atoms with Crippen LogP contribution in [0.1, 0.15) is 11.3 Å². The molecule has 0 fully saturated rings. The molecular formula is C16H12Cl2N4O6. The smallest absolute Gasteiger partial charge is 0.315 e. The van der Waals surface area contributed by atoms with Gasteiger partial charge in [0.1, 0.15) is 11.9 Å². The van der Waals surface area contributed by atoms with E-state index in [-0.39, 0.29) is 28.9 Å². The second-order valence-electron chi connectivity index (χ2n) is 5.62. The number of nitro benzene ring substituents is 1. The maximum absolute atomic E-state index is 11.2. The predicted octanol–water partition coefficient (Wildman–Crippen LogP) is 4.22. The molecule has 0 atom stereocenters. The highest BCUT2D eigenvalue weighted by Gasteiger charge is 2.25. The molecule has 146 valence electrons. The number of nitro groups is 1. The molecule has 3 rings (SSSR count). The molecule has 0 aliphatic heterocycles. The Morgan fingerprint density at radius 3 is 2.61 bits per heavy atom. The Kier molecular flexibility index (Phi) is 5.25. The van der Waals surface area contributed by atoms with E-state index in [1.54, 1.807) is 13.8 Å². The lowest BCUT2D eigenvalue weighted by atomic mass is 10.1. The lowest BCUT2D eigenvalue weighted by Crippen LogP contribution is -1.97. The summed E-state index contributed by atoms with van der Waals surface area (Å²) in [6.07, 6.45) is 0. The van der Waals surface area contributed by atoms with Crippen LogP contribution in [0.15, 0.2) is 16.7 Å². The molecule has 12 heteroatoms. The highest BCUT2D eigenvalue weighted by molar-refractivity contribution is 6.32. The van der Waals surface area contributed by atoms with Crippen molar-refractivity contribution >= 4 is 29.2 Å². The molecule has 0 saturated carbocycles. The van der Waals surface area contributed by atoms with Crippen LogP contribution in [0, 0.1) is 24.0 Å². The Balaban J connectivity index is 2.16. The minimum Gasteiger partial charge on any atom is -0.500 e. The molecule has 3 aromatic rings. The van der Waals surface area contributed by atoms with Gasteiger partial charge in [-0.1, -0.05) is 16.8 Å². The molecule has 1 N–H and O–H groups in total. The van der Waals surface area contributed by atoms with Gasteiger partial charge in [0.05, 0.1) is 33.9 Å². The van der Waals surface area contributed by atoms with Crippen LogP contribution in [0.3, 0.4) is 0 Å². The lowest BCUT2D eigenvalue weighted by molar-refractivity contribution is -0.385. The lowest BCUT2D eigenvalue weighted by Gasteiger charge is -2.09. The Hall–Kier alpha value is -3.11. The fourth-order valence-corrected chi connectivity index (χ4v) is 2.82. The molecule has 0 spiro atoms. The molecule has 0 saturated heterocycles. The van der Waals surface area contributed by atoms with Gasteiger partial charge in [-0.3, -0.25) is 10.1 Å². The minimum absolute atomic E-state index is 0.0303. The van der Waals surface area contributed by atoms with Crippen molar-refractivity contribution in [1.29, 1.82) is 0 Å². The molecule has 2 aromatic heterocycles. The monoisotopic (exact) mass is 426 g/mol. The van der Waals surface area contributed by atoms with E-state index in [1.165, 1.54) is 13.2 Å². The molecule has 0 bridgehead atoms. The molecule has 0 aliphatic carbocycles. The number of methoxy groups -OCH3 is 1. The van der Waals surface area contributed by atoms with E-state index in [4.69, 9.17) is 37.0 Å². The van der Waals surface area contributed by atoms with Crippen LogP contribution in [0.4, 0.5) is 5.69 Å². The summed E-state index contributed by atoms with van der Waals surface area (Å²) in [6.45, 7) is 3.39. The number of pyridine rings is 1. The SMILES string of the molecule is COc1cc(-c2nc(-c3c(OCl)nc(C)c(Cl)c3C)no2)cc([N+](=O)[O-])c1O. The van der Waals surface area contributed by atoms with E-state index in [1.807, 2.05) is 0 Å². The number of ether oxygens (including phenoxy) is 1. The number of halogens is 2. The van der Waals surface area contributed by atoms with Crippen LogP contribution in [-0.2, 0) is 0 Å². The van der Waals surface area contributed by atoms with Crippen LogP contribution in [0.25, 0.3) is 22.8 Å². The summed E-state index contributed by atoms with van der Waals surface area (Å²) in [7, 11) is 1.26. The van der Waals surface area contributed by atoms with Crippen molar-refractivity contribution in [2.75, 3.05) is 7.11 Å². The third kappa shape index (κ3) is 3.27. The van der Waals surface area contributed by atoms with Crippen molar-refractivity contribution in [3.8, 4) is 40.2 Å². The molecule has 1 aromatic carbocycles. The van der Waals surface area contributed by atoms with Gasteiger partial charge in [0.15, 0.2) is 5.75 Å². The average Bonchev–Trinajstić information content (AvgIpc) is 3.15. The summed E-state index contributed by atoms with van der Waals surface area (Å²) in [6, 6.07) is 2.41. The van der Waals surface area contributed by atoms with E-state index in [9.17, 15) is 15.2 Å². The van der Waals surface area contributed by atoms with Gasteiger partial charge < -0.3 is 18.7 Å². The third-order valence-electron chi connectivity index (χ3n) is 3.95. The number of phenolic OH excluding ortho intramolecular Hbond substituents is 1. The fraction of sp³-hybridized carbons (Fsp3) is 0.188. The van der Waals surface area contributed by atoms with Gasteiger partial charge in [-0.25, -0.2) is 4.98 Å². The topological polar surface area (TPSA) is 134 Å². The maximum atomic E-state index is 11.2. The van der Waals surface area contributed by atoms with Gasteiger partial charge >= 0.3 is 5.69 Å². The van der Waals surface area contributed by atoms with E-state index < -0.39 is 16.4 Å². The van der Waals surface area contributed by atoms with Crippen LogP contribution >= 0.6 is 23.5 Å². The predicted molar refractivity (Wildman–Crippen MR) is 98.8 cm³/mol. The van der Waals surface area contributed by atoms with Gasteiger partial charge in [-0.2, -0.15) is 4.98 Å². The second kappa shape index (κ2) is 7.49.